The Bertz CT molecular complexity index is 500. The first-order chi connectivity index (χ1) is 10.3. The van der Waals surface area contributed by atoms with Gasteiger partial charge in [0.1, 0.15) is 5.75 Å². The van der Waals surface area contributed by atoms with E-state index in [4.69, 9.17) is 4.74 Å². The predicted octanol–water partition coefficient (Wildman–Crippen LogP) is 1.60. The lowest BCUT2D eigenvalue weighted by Gasteiger charge is -2.17. The van der Waals surface area contributed by atoms with E-state index in [0.717, 1.165) is 37.6 Å². The lowest BCUT2D eigenvalue weighted by atomic mass is 10.0. The van der Waals surface area contributed by atoms with Gasteiger partial charge in [0.15, 0.2) is 0 Å². The van der Waals surface area contributed by atoms with Crippen molar-refractivity contribution >= 4 is 24.0 Å². The van der Waals surface area contributed by atoms with Crippen LogP contribution in [0, 0.1) is 11.8 Å². The van der Waals surface area contributed by atoms with Gasteiger partial charge < -0.3 is 15.4 Å². The Labute approximate surface area is 137 Å². The van der Waals surface area contributed by atoms with E-state index >= 15 is 0 Å². The number of hydrogen-bond donors (Lipinski definition) is 2. The van der Waals surface area contributed by atoms with Crippen LogP contribution in [0.5, 0.6) is 5.75 Å². The first kappa shape index (κ1) is 17.1. The molecule has 3 rings (SSSR count). The van der Waals surface area contributed by atoms with E-state index < -0.39 is 0 Å². The van der Waals surface area contributed by atoms with Crippen molar-refractivity contribution in [3.05, 3.63) is 24.3 Å². The van der Waals surface area contributed by atoms with E-state index in [9.17, 15) is 4.79 Å². The Morgan fingerprint density at radius 2 is 2.00 bits per heavy atom. The fourth-order valence-corrected chi connectivity index (χ4v) is 3.33. The average molecular weight is 326 g/mol. The van der Waals surface area contributed by atoms with Gasteiger partial charge in [-0.2, -0.15) is 0 Å². The molecule has 2 heterocycles. The molecule has 0 unspecified atom stereocenters. The number of nitrogens with one attached hydrogen (secondary N) is 2. The molecule has 0 spiro atoms. The molecule has 122 valence electrons. The van der Waals surface area contributed by atoms with E-state index in [1.807, 2.05) is 31.2 Å². The minimum absolute atomic E-state index is 0. The summed E-state index contributed by atoms with van der Waals surface area (Å²) in [5, 5.41) is 6.38. The third kappa shape index (κ3) is 3.91. The molecule has 2 atom stereocenters. The van der Waals surface area contributed by atoms with Crippen molar-refractivity contribution in [1.82, 2.24) is 10.2 Å². The summed E-state index contributed by atoms with van der Waals surface area (Å²) >= 11 is 0. The number of hydrogen-bond acceptors (Lipinski definition) is 4. The molecule has 1 amide bonds. The topological polar surface area (TPSA) is 53.6 Å². The maximum Gasteiger partial charge on any atom is 0.238 e. The molecular weight excluding hydrogens is 302 g/mol. The summed E-state index contributed by atoms with van der Waals surface area (Å²) in [4.78, 5) is 14.5. The van der Waals surface area contributed by atoms with E-state index in [1.165, 1.54) is 0 Å². The molecule has 0 radical (unpaired) electrons. The summed E-state index contributed by atoms with van der Waals surface area (Å²) in [5.74, 6) is 2.20. The molecule has 0 aromatic heterocycles. The molecule has 2 N–H and O–H groups in total. The van der Waals surface area contributed by atoms with Crippen molar-refractivity contribution < 1.29 is 9.53 Å². The third-order valence-electron chi connectivity index (χ3n) is 4.29. The molecule has 22 heavy (non-hydrogen) atoms. The summed E-state index contributed by atoms with van der Waals surface area (Å²) in [6.07, 6.45) is 0. The number of rotatable bonds is 5. The zero-order valence-electron chi connectivity index (χ0n) is 12.9. The quantitative estimate of drug-likeness (QED) is 0.863. The highest BCUT2D eigenvalue weighted by atomic mass is 35.5. The van der Waals surface area contributed by atoms with Crippen LogP contribution in [-0.2, 0) is 4.79 Å². The average Bonchev–Trinajstić information content (AvgIpc) is 3.02. The van der Waals surface area contributed by atoms with Gasteiger partial charge in [0.25, 0.3) is 0 Å². The van der Waals surface area contributed by atoms with Gasteiger partial charge in [0, 0.05) is 13.1 Å². The van der Waals surface area contributed by atoms with Gasteiger partial charge in [-0.05, 0) is 44.0 Å². The minimum atomic E-state index is 0. The standard InChI is InChI=1S/C16H23N3O2.ClH/c1-2-21-15-6-4-3-5-14(15)18-16(20)11-19-9-12-7-17-8-13(12)10-19;/h3-6,12-13,17H,2,7-11H2,1H3,(H,18,20);1H/t12-,13+;. The monoisotopic (exact) mass is 325 g/mol. The largest absolute Gasteiger partial charge is 0.492 e. The molecule has 5 nitrogen and oxygen atoms in total. The van der Waals surface area contributed by atoms with Gasteiger partial charge in [-0.25, -0.2) is 0 Å². The molecule has 0 saturated carbocycles. The third-order valence-corrected chi connectivity index (χ3v) is 4.29. The smallest absolute Gasteiger partial charge is 0.238 e. The number of halogens is 1. The Balaban J connectivity index is 0.00000176. The zero-order valence-corrected chi connectivity index (χ0v) is 13.7. The van der Waals surface area contributed by atoms with Crippen LogP contribution in [0.15, 0.2) is 24.3 Å². The zero-order chi connectivity index (χ0) is 14.7. The number of fused-ring (bicyclic) bond motifs is 1. The van der Waals surface area contributed by atoms with Gasteiger partial charge in [0.05, 0.1) is 18.8 Å². The lowest BCUT2D eigenvalue weighted by Crippen LogP contribution is -2.33. The van der Waals surface area contributed by atoms with Gasteiger partial charge in [-0.1, -0.05) is 12.1 Å². The fraction of sp³-hybridized carbons (Fsp3) is 0.562. The maximum atomic E-state index is 12.2. The van der Waals surface area contributed by atoms with E-state index in [0.29, 0.717) is 25.0 Å². The Hall–Kier alpha value is -1.30. The first-order valence-corrected chi connectivity index (χ1v) is 7.71. The van der Waals surface area contributed by atoms with Crippen molar-refractivity contribution in [2.75, 3.05) is 44.6 Å². The van der Waals surface area contributed by atoms with Crippen LogP contribution in [0.1, 0.15) is 6.92 Å². The number of benzene rings is 1. The van der Waals surface area contributed by atoms with E-state index in [2.05, 4.69) is 15.5 Å². The number of para-hydroxylation sites is 2. The molecule has 1 aromatic rings. The van der Waals surface area contributed by atoms with Crippen molar-refractivity contribution in [3.8, 4) is 5.75 Å². The summed E-state index contributed by atoms with van der Waals surface area (Å²) in [7, 11) is 0. The number of amides is 1. The van der Waals surface area contributed by atoms with Crippen LogP contribution in [0.25, 0.3) is 0 Å². The van der Waals surface area contributed by atoms with Crippen LogP contribution in [0.2, 0.25) is 0 Å². The van der Waals surface area contributed by atoms with Crippen molar-refractivity contribution in [3.63, 3.8) is 0 Å². The Morgan fingerprint density at radius 1 is 1.32 bits per heavy atom. The molecule has 0 bridgehead atoms. The molecule has 2 aliphatic heterocycles. The van der Waals surface area contributed by atoms with Crippen LogP contribution < -0.4 is 15.4 Å². The Kier molecular flexibility index (Phi) is 6.06. The number of nitrogens with zero attached hydrogens (tertiary/aromatic N) is 1. The van der Waals surface area contributed by atoms with Gasteiger partial charge in [-0.3, -0.25) is 9.69 Å². The number of carbonyl (C=O) groups excluding carboxylic acids is 1. The van der Waals surface area contributed by atoms with Gasteiger partial charge >= 0.3 is 0 Å². The second kappa shape index (κ2) is 7.81. The summed E-state index contributed by atoms with van der Waals surface area (Å²) < 4.78 is 5.53. The number of anilines is 1. The van der Waals surface area contributed by atoms with Gasteiger partial charge in [0.2, 0.25) is 5.91 Å². The van der Waals surface area contributed by atoms with Crippen molar-refractivity contribution in [2.24, 2.45) is 11.8 Å². The molecule has 2 aliphatic rings. The molecule has 0 aliphatic carbocycles. The number of likely N-dealkylation sites (tertiary alicyclic amines) is 1. The highest BCUT2D eigenvalue weighted by Gasteiger charge is 2.36. The maximum absolute atomic E-state index is 12.2. The van der Waals surface area contributed by atoms with Crippen LogP contribution in [0.3, 0.4) is 0 Å². The summed E-state index contributed by atoms with van der Waals surface area (Å²) in [5.41, 5.74) is 0.755. The normalized spacial score (nSPS) is 23.7. The SMILES string of the molecule is CCOc1ccccc1NC(=O)CN1C[C@H]2CNC[C@H]2C1.Cl. The fourth-order valence-electron chi connectivity index (χ4n) is 3.33. The second-order valence-corrected chi connectivity index (χ2v) is 5.85. The lowest BCUT2D eigenvalue weighted by molar-refractivity contribution is -0.117. The van der Waals surface area contributed by atoms with Crippen LogP contribution in [0.4, 0.5) is 5.69 Å². The number of carbonyl (C=O) groups is 1. The molecule has 6 heteroatoms. The van der Waals surface area contributed by atoms with Crippen molar-refractivity contribution in [1.29, 1.82) is 0 Å². The Morgan fingerprint density at radius 3 is 2.68 bits per heavy atom. The highest BCUT2D eigenvalue weighted by Crippen LogP contribution is 2.27. The highest BCUT2D eigenvalue weighted by molar-refractivity contribution is 5.93. The summed E-state index contributed by atoms with van der Waals surface area (Å²) in [6, 6.07) is 7.58. The number of ether oxygens (including phenoxy) is 1. The van der Waals surface area contributed by atoms with Crippen LogP contribution >= 0.6 is 12.4 Å². The molecule has 2 fully saturated rings. The molecular formula is C16H24ClN3O2. The van der Waals surface area contributed by atoms with E-state index in [1.54, 1.807) is 0 Å². The van der Waals surface area contributed by atoms with Gasteiger partial charge in [-0.15, -0.1) is 12.4 Å². The molecule has 2 saturated heterocycles. The predicted molar refractivity (Wildman–Crippen MR) is 89.8 cm³/mol. The van der Waals surface area contributed by atoms with Crippen molar-refractivity contribution in [2.45, 2.75) is 6.92 Å². The second-order valence-electron chi connectivity index (χ2n) is 5.85. The minimum Gasteiger partial charge on any atom is -0.492 e. The van der Waals surface area contributed by atoms with E-state index in [-0.39, 0.29) is 18.3 Å². The first-order valence-electron chi connectivity index (χ1n) is 7.71. The van der Waals surface area contributed by atoms with Crippen LogP contribution in [-0.4, -0.2) is 50.1 Å². The molecule has 1 aromatic carbocycles. The summed E-state index contributed by atoms with van der Waals surface area (Å²) in [6.45, 7) is 7.24.